The van der Waals surface area contributed by atoms with Crippen molar-refractivity contribution in [1.82, 2.24) is 10.2 Å². The highest BCUT2D eigenvalue weighted by Crippen LogP contribution is 2.27. The molecule has 31 heavy (non-hydrogen) atoms. The van der Waals surface area contributed by atoms with Crippen molar-refractivity contribution in [1.29, 1.82) is 0 Å². The van der Waals surface area contributed by atoms with Gasteiger partial charge in [-0.3, -0.25) is 9.59 Å². The fourth-order valence-corrected chi connectivity index (χ4v) is 3.95. The number of benzene rings is 2. The summed E-state index contributed by atoms with van der Waals surface area (Å²) in [5.41, 5.74) is 1.95. The van der Waals surface area contributed by atoms with E-state index in [4.69, 9.17) is 16.3 Å². The fraction of sp³-hybridized carbons (Fsp3) is 0.417. The zero-order valence-corrected chi connectivity index (χ0v) is 20.8. The molecule has 168 valence electrons. The number of hydrogen-bond acceptors (Lipinski definition) is 3. The SMILES string of the molecule is CCc1ccc(OCC(=O)N(Cc2ccccc2Cl)C(CC)C(=O)NC(C)C)c(Br)c1. The lowest BCUT2D eigenvalue weighted by molar-refractivity contribution is -0.143. The van der Waals surface area contributed by atoms with Gasteiger partial charge in [0.2, 0.25) is 5.91 Å². The largest absolute Gasteiger partial charge is 0.483 e. The van der Waals surface area contributed by atoms with Gasteiger partial charge in [0.05, 0.1) is 4.47 Å². The summed E-state index contributed by atoms with van der Waals surface area (Å²) in [6.07, 6.45) is 1.39. The first kappa shape index (κ1) is 25.2. The van der Waals surface area contributed by atoms with Crippen LogP contribution >= 0.6 is 27.5 Å². The molecule has 0 fully saturated rings. The normalized spacial score (nSPS) is 11.8. The van der Waals surface area contributed by atoms with Crippen molar-refractivity contribution in [2.24, 2.45) is 0 Å². The van der Waals surface area contributed by atoms with Crippen LogP contribution in [0.5, 0.6) is 5.75 Å². The second-order valence-electron chi connectivity index (χ2n) is 7.61. The predicted molar refractivity (Wildman–Crippen MR) is 128 cm³/mol. The third-order valence-corrected chi connectivity index (χ3v) is 5.86. The van der Waals surface area contributed by atoms with Crippen molar-refractivity contribution in [3.05, 3.63) is 63.1 Å². The van der Waals surface area contributed by atoms with Crippen LogP contribution < -0.4 is 10.1 Å². The van der Waals surface area contributed by atoms with Crippen LogP contribution in [0, 0.1) is 0 Å². The Labute approximate surface area is 198 Å². The highest BCUT2D eigenvalue weighted by Gasteiger charge is 2.29. The number of hydrogen-bond donors (Lipinski definition) is 1. The van der Waals surface area contributed by atoms with Crippen LogP contribution in [-0.2, 0) is 22.6 Å². The number of halogens is 2. The molecule has 5 nitrogen and oxygen atoms in total. The van der Waals surface area contributed by atoms with E-state index in [1.54, 1.807) is 11.0 Å². The van der Waals surface area contributed by atoms with Gasteiger partial charge in [-0.1, -0.05) is 49.7 Å². The van der Waals surface area contributed by atoms with Crippen LogP contribution in [0.25, 0.3) is 0 Å². The van der Waals surface area contributed by atoms with E-state index in [0.29, 0.717) is 17.2 Å². The van der Waals surface area contributed by atoms with Crippen molar-refractivity contribution in [2.75, 3.05) is 6.61 Å². The number of nitrogens with zero attached hydrogens (tertiary/aromatic N) is 1. The zero-order valence-electron chi connectivity index (χ0n) is 18.5. The molecule has 2 aromatic carbocycles. The lowest BCUT2D eigenvalue weighted by Crippen LogP contribution is -2.51. The molecular formula is C24H30BrClN2O3. The molecular weight excluding hydrogens is 480 g/mol. The summed E-state index contributed by atoms with van der Waals surface area (Å²) in [5.74, 6) is 0.117. The van der Waals surface area contributed by atoms with Crippen molar-refractivity contribution >= 4 is 39.3 Å². The van der Waals surface area contributed by atoms with Crippen LogP contribution in [0.3, 0.4) is 0 Å². The fourth-order valence-electron chi connectivity index (χ4n) is 3.21. The lowest BCUT2D eigenvalue weighted by atomic mass is 10.1. The van der Waals surface area contributed by atoms with Gasteiger partial charge in [-0.15, -0.1) is 0 Å². The van der Waals surface area contributed by atoms with Crippen LogP contribution in [0.2, 0.25) is 5.02 Å². The molecule has 1 atom stereocenters. The highest BCUT2D eigenvalue weighted by atomic mass is 79.9. The van der Waals surface area contributed by atoms with Crippen molar-refractivity contribution < 1.29 is 14.3 Å². The summed E-state index contributed by atoms with van der Waals surface area (Å²) in [5, 5.41) is 3.46. The van der Waals surface area contributed by atoms with E-state index in [-0.39, 0.29) is 31.0 Å². The smallest absolute Gasteiger partial charge is 0.261 e. The summed E-state index contributed by atoms with van der Waals surface area (Å²) >= 11 is 9.83. The van der Waals surface area contributed by atoms with Gasteiger partial charge in [0.1, 0.15) is 11.8 Å². The van der Waals surface area contributed by atoms with Gasteiger partial charge in [-0.25, -0.2) is 0 Å². The molecule has 0 radical (unpaired) electrons. The van der Waals surface area contributed by atoms with Crippen molar-refractivity contribution in [3.8, 4) is 5.75 Å². The minimum absolute atomic E-state index is 0.0249. The summed E-state index contributed by atoms with van der Waals surface area (Å²) in [7, 11) is 0. The third-order valence-electron chi connectivity index (χ3n) is 4.87. The first-order chi connectivity index (χ1) is 14.8. The molecule has 2 amide bonds. The first-order valence-electron chi connectivity index (χ1n) is 10.5. The molecule has 0 heterocycles. The number of amides is 2. The monoisotopic (exact) mass is 508 g/mol. The first-order valence-corrected chi connectivity index (χ1v) is 11.7. The molecule has 0 bridgehead atoms. The van der Waals surface area contributed by atoms with Gasteiger partial charge >= 0.3 is 0 Å². The second kappa shape index (κ2) is 12.1. The van der Waals surface area contributed by atoms with E-state index < -0.39 is 6.04 Å². The van der Waals surface area contributed by atoms with Crippen LogP contribution in [0.4, 0.5) is 0 Å². The maximum Gasteiger partial charge on any atom is 0.261 e. The Hall–Kier alpha value is -2.05. The van der Waals surface area contributed by atoms with Crippen LogP contribution in [0.1, 0.15) is 45.2 Å². The lowest BCUT2D eigenvalue weighted by Gasteiger charge is -2.31. The Morgan fingerprint density at radius 3 is 2.45 bits per heavy atom. The predicted octanol–water partition coefficient (Wildman–Crippen LogP) is 5.38. The number of ether oxygens (including phenoxy) is 1. The molecule has 7 heteroatoms. The quantitative estimate of drug-likeness (QED) is 0.468. The molecule has 0 aliphatic rings. The Balaban J connectivity index is 2.24. The minimum Gasteiger partial charge on any atom is -0.483 e. The molecule has 1 N–H and O–H groups in total. The van der Waals surface area contributed by atoms with Gasteiger partial charge in [-0.2, -0.15) is 0 Å². The highest BCUT2D eigenvalue weighted by molar-refractivity contribution is 9.10. The Bertz CT molecular complexity index is 904. The zero-order chi connectivity index (χ0) is 23.0. The molecule has 2 aromatic rings. The number of aryl methyl sites for hydroxylation is 1. The second-order valence-corrected chi connectivity index (χ2v) is 8.87. The number of nitrogens with one attached hydrogen (secondary N) is 1. The summed E-state index contributed by atoms with van der Waals surface area (Å²) in [6, 6.07) is 12.5. The number of rotatable bonds is 10. The van der Waals surface area contributed by atoms with Gasteiger partial charge in [0.15, 0.2) is 6.61 Å². The Morgan fingerprint density at radius 1 is 1.16 bits per heavy atom. The minimum atomic E-state index is -0.624. The van der Waals surface area contributed by atoms with Crippen LogP contribution in [-0.4, -0.2) is 35.4 Å². The summed E-state index contributed by atoms with van der Waals surface area (Å²) < 4.78 is 6.59. The standard InChI is InChI=1S/C24H30BrClN2O3/c1-5-17-11-12-22(19(25)13-17)31-15-23(29)28(14-18-9-7-8-10-20(18)26)21(6-2)24(30)27-16(3)4/h7-13,16,21H,5-6,14-15H2,1-4H3,(H,27,30). The molecule has 0 saturated heterocycles. The molecule has 0 aromatic heterocycles. The topological polar surface area (TPSA) is 58.6 Å². The molecule has 0 spiro atoms. The van der Waals surface area contributed by atoms with E-state index in [0.717, 1.165) is 16.5 Å². The number of carbonyl (C=O) groups is 2. The van der Waals surface area contributed by atoms with E-state index in [9.17, 15) is 9.59 Å². The van der Waals surface area contributed by atoms with E-state index >= 15 is 0 Å². The Kier molecular flexibility index (Phi) is 9.85. The van der Waals surface area contributed by atoms with Gasteiger partial charge < -0.3 is 15.0 Å². The third kappa shape index (κ3) is 7.25. The van der Waals surface area contributed by atoms with Crippen molar-refractivity contribution in [3.63, 3.8) is 0 Å². The van der Waals surface area contributed by atoms with Gasteiger partial charge in [0, 0.05) is 17.6 Å². The van der Waals surface area contributed by atoms with Gasteiger partial charge in [-0.05, 0) is 71.9 Å². The van der Waals surface area contributed by atoms with E-state index in [1.165, 1.54) is 5.56 Å². The van der Waals surface area contributed by atoms with E-state index in [2.05, 4.69) is 28.2 Å². The average Bonchev–Trinajstić information content (AvgIpc) is 2.73. The van der Waals surface area contributed by atoms with E-state index in [1.807, 2.05) is 57.2 Å². The van der Waals surface area contributed by atoms with Gasteiger partial charge in [0.25, 0.3) is 5.91 Å². The molecule has 2 rings (SSSR count). The van der Waals surface area contributed by atoms with Crippen molar-refractivity contribution in [2.45, 2.75) is 59.2 Å². The summed E-state index contributed by atoms with van der Waals surface area (Å²) in [4.78, 5) is 27.6. The molecule has 0 aliphatic heterocycles. The average molecular weight is 510 g/mol. The molecule has 0 saturated carbocycles. The van der Waals surface area contributed by atoms with Crippen LogP contribution in [0.15, 0.2) is 46.9 Å². The maximum absolute atomic E-state index is 13.2. The molecule has 0 aliphatic carbocycles. The molecule has 1 unspecified atom stereocenters. The summed E-state index contributed by atoms with van der Waals surface area (Å²) in [6.45, 7) is 7.79. The number of carbonyl (C=O) groups excluding carboxylic acids is 2. The Morgan fingerprint density at radius 2 is 1.87 bits per heavy atom. The maximum atomic E-state index is 13.2.